The standard InChI is InChI=1S/C25H20FN3O3S/c1-16(17-6-8-20(26)9-7-17)28-25(31)29(33)21-10-12-22(13-11-21)32-24(30)19-14-18-4-2-3-5-23(18)27-15-19/h2-16,33H,1H3,(H,28,31). The van der Waals surface area contributed by atoms with Crippen molar-refractivity contribution in [1.82, 2.24) is 10.3 Å². The summed E-state index contributed by atoms with van der Waals surface area (Å²) >= 11 is 4.26. The SMILES string of the molecule is CC(NC(=O)N(S)c1ccc(OC(=O)c2cnc3ccccc3c2)cc1)c1ccc(F)cc1. The van der Waals surface area contributed by atoms with Crippen LogP contribution in [0.2, 0.25) is 0 Å². The first-order chi connectivity index (χ1) is 15.9. The van der Waals surface area contributed by atoms with Crippen LogP contribution in [0.3, 0.4) is 0 Å². The number of carbonyl (C=O) groups is 2. The fourth-order valence-corrected chi connectivity index (χ4v) is 3.39. The molecule has 166 valence electrons. The summed E-state index contributed by atoms with van der Waals surface area (Å²) in [6.45, 7) is 1.79. The number of para-hydroxylation sites is 1. The number of nitrogens with one attached hydrogen (secondary N) is 1. The molecule has 6 nitrogen and oxygen atoms in total. The van der Waals surface area contributed by atoms with Crippen LogP contribution in [0.1, 0.15) is 28.9 Å². The Labute approximate surface area is 195 Å². The predicted octanol–water partition coefficient (Wildman–Crippen LogP) is 5.72. The number of rotatable bonds is 5. The fraction of sp³-hybridized carbons (Fsp3) is 0.0800. The van der Waals surface area contributed by atoms with Gasteiger partial charge in [-0.25, -0.2) is 18.3 Å². The van der Waals surface area contributed by atoms with Gasteiger partial charge in [0.05, 0.1) is 22.8 Å². The van der Waals surface area contributed by atoms with Crippen molar-refractivity contribution in [2.24, 2.45) is 0 Å². The Kier molecular flexibility index (Phi) is 6.55. The van der Waals surface area contributed by atoms with E-state index in [-0.39, 0.29) is 11.9 Å². The summed E-state index contributed by atoms with van der Waals surface area (Å²) in [6.07, 6.45) is 1.47. The van der Waals surface area contributed by atoms with E-state index in [9.17, 15) is 14.0 Å². The molecule has 0 bridgehead atoms. The minimum Gasteiger partial charge on any atom is -0.423 e. The van der Waals surface area contributed by atoms with Gasteiger partial charge in [-0.15, -0.1) is 0 Å². The Morgan fingerprint density at radius 3 is 2.45 bits per heavy atom. The van der Waals surface area contributed by atoms with Crippen LogP contribution in [-0.4, -0.2) is 17.0 Å². The molecule has 1 unspecified atom stereocenters. The molecular formula is C25H20FN3O3S. The van der Waals surface area contributed by atoms with Gasteiger partial charge < -0.3 is 10.1 Å². The number of anilines is 1. The van der Waals surface area contributed by atoms with E-state index in [4.69, 9.17) is 4.74 Å². The molecule has 8 heteroatoms. The van der Waals surface area contributed by atoms with E-state index < -0.39 is 12.0 Å². The summed E-state index contributed by atoms with van der Waals surface area (Å²) in [6, 6.07) is 20.7. The minimum absolute atomic E-state index is 0.318. The number of nitrogens with zero attached hydrogens (tertiary/aromatic N) is 2. The highest BCUT2D eigenvalue weighted by Gasteiger charge is 2.17. The zero-order valence-corrected chi connectivity index (χ0v) is 18.5. The van der Waals surface area contributed by atoms with Crippen molar-refractivity contribution in [2.45, 2.75) is 13.0 Å². The molecule has 33 heavy (non-hydrogen) atoms. The fourth-order valence-electron chi connectivity index (χ4n) is 3.20. The van der Waals surface area contributed by atoms with Crippen molar-refractivity contribution in [1.29, 1.82) is 0 Å². The van der Waals surface area contributed by atoms with Crippen LogP contribution >= 0.6 is 12.8 Å². The summed E-state index contributed by atoms with van der Waals surface area (Å²) in [4.78, 5) is 29.3. The molecule has 0 aliphatic rings. The molecule has 1 aromatic heterocycles. The maximum absolute atomic E-state index is 13.1. The van der Waals surface area contributed by atoms with Gasteiger partial charge in [-0.1, -0.05) is 43.1 Å². The second-order valence-electron chi connectivity index (χ2n) is 7.33. The van der Waals surface area contributed by atoms with Crippen molar-refractivity contribution in [2.75, 3.05) is 4.31 Å². The molecule has 0 spiro atoms. The first-order valence-corrected chi connectivity index (χ1v) is 10.5. The summed E-state index contributed by atoms with van der Waals surface area (Å²) in [7, 11) is 0. The number of halogens is 1. The third-order valence-corrected chi connectivity index (χ3v) is 5.43. The second kappa shape index (κ2) is 9.70. The number of amides is 2. The summed E-state index contributed by atoms with van der Waals surface area (Å²) < 4.78 is 19.7. The van der Waals surface area contributed by atoms with Crippen LogP contribution in [-0.2, 0) is 0 Å². The van der Waals surface area contributed by atoms with Crippen LogP contribution in [0.25, 0.3) is 10.9 Å². The smallest absolute Gasteiger partial charge is 0.345 e. The van der Waals surface area contributed by atoms with Crippen LogP contribution in [0, 0.1) is 5.82 Å². The van der Waals surface area contributed by atoms with Crippen LogP contribution in [0.15, 0.2) is 85.1 Å². The number of ether oxygens (including phenoxy) is 1. The van der Waals surface area contributed by atoms with Crippen LogP contribution in [0.5, 0.6) is 5.75 Å². The molecule has 0 radical (unpaired) electrons. The van der Waals surface area contributed by atoms with Crippen molar-refractivity contribution in [3.05, 3.63) is 102 Å². The molecule has 0 aliphatic heterocycles. The highest BCUT2D eigenvalue weighted by Crippen LogP contribution is 2.23. The van der Waals surface area contributed by atoms with Gasteiger partial charge in [-0.2, -0.15) is 0 Å². The molecule has 0 saturated heterocycles. The van der Waals surface area contributed by atoms with Gasteiger partial charge in [0.25, 0.3) is 0 Å². The molecular weight excluding hydrogens is 441 g/mol. The van der Waals surface area contributed by atoms with Gasteiger partial charge in [-0.3, -0.25) is 4.98 Å². The molecule has 1 atom stereocenters. The summed E-state index contributed by atoms with van der Waals surface area (Å²) in [5.41, 5.74) is 2.37. The molecule has 0 saturated carbocycles. The Bertz CT molecular complexity index is 1300. The quantitative estimate of drug-likeness (QED) is 0.227. The number of aromatic nitrogens is 1. The number of urea groups is 1. The first kappa shape index (κ1) is 22.3. The lowest BCUT2D eigenvalue weighted by Gasteiger charge is -2.20. The lowest BCUT2D eigenvalue weighted by atomic mass is 10.1. The Morgan fingerprint density at radius 1 is 1.03 bits per heavy atom. The van der Waals surface area contributed by atoms with Gasteiger partial charge >= 0.3 is 12.0 Å². The lowest BCUT2D eigenvalue weighted by Crippen LogP contribution is -2.35. The molecule has 1 heterocycles. The predicted molar refractivity (Wildman–Crippen MR) is 128 cm³/mol. The van der Waals surface area contributed by atoms with Gasteiger partial charge in [-0.05, 0) is 61.0 Å². The van der Waals surface area contributed by atoms with Crippen LogP contribution < -0.4 is 14.4 Å². The first-order valence-electron chi connectivity index (χ1n) is 10.1. The van der Waals surface area contributed by atoms with E-state index in [0.717, 1.165) is 20.8 Å². The van der Waals surface area contributed by atoms with Crippen molar-refractivity contribution < 1.29 is 18.7 Å². The van der Waals surface area contributed by atoms with Gasteiger partial charge in [0, 0.05) is 11.6 Å². The van der Waals surface area contributed by atoms with Crippen molar-refractivity contribution in [3.8, 4) is 5.75 Å². The Morgan fingerprint density at radius 2 is 1.73 bits per heavy atom. The van der Waals surface area contributed by atoms with E-state index in [1.807, 2.05) is 24.3 Å². The molecule has 0 fully saturated rings. The summed E-state index contributed by atoms with van der Waals surface area (Å²) in [5.74, 6) is -0.556. The van der Waals surface area contributed by atoms with E-state index in [0.29, 0.717) is 17.0 Å². The highest BCUT2D eigenvalue weighted by atomic mass is 32.1. The number of hydrogen-bond acceptors (Lipinski definition) is 5. The average Bonchev–Trinajstić information content (AvgIpc) is 2.84. The van der Waals surface area contributed by atoms with E-state index in [1.165, 1.54) is 18.3 Å². The largest absolute Gasteiger partial charge is 0.423 e. The van der Waals surface area contributed by atoms with Gasteiger partial charge in [0.2, 0.25) is 0 Å². The monoisotopic (exact) mass is 461 g/mol. The zero-order chi connectivity index (χ0) is 23.4. The van der Waals surface area contributed by atoms with Crippen molar-refractivity contribution in [3.63, 3.8) is 0 Å². The highest BCUT2D eigenvalue weighted by molar-refractivity contribution is 7.82. The van der Waals surface area contributed by atoms with Gasteiger partial charge in [0.1, 0.15) is 11.6 Å². The number of hydrogen-bond donors (Lipinski definition) is 2. The van der Waals surface area contributed by atoms with Crippen molar-refractivity contribution >= 4 is 41.4 Å². The molecule has 4 rings (SSSR count). The Hall–Kier alpha value is -3.91. The van der Waals surface area contributed by atoms with E-state index in [1.54, 1.807) is 49.4 Å². The molecule has 0 aliphatic carbocycles. The second-order valence-corrected chi connectivity index (χ2v) is 7.73. The average molecular weight is 462 g/mol. The molecule has 4 aromatic rings. The lowest BCUT2D eigenvalue weighted by molar-refractivity contribution is 0.0734. The zero-order valence-electron chi connectivity index (χ0n) is 17.6. The third-order valence-electron chi connectivity index (χ3n) is 5.02. The number of thiol groups is 1. The molecule has 2 amide bonds. The number of benzene rings is 3. The molecule has 3 aromatic carbocycles. The number of esters is 1. The number of fused-ring (bicyclic) bond motifs is 1. The normalized spacial score (nSPS) is 11.6. The Balaban J connectivity index is 1.38. The number of pyridine rings is 1. The number of carbonyl (C=O) groups excluding carboxylic acids is 2. The van der Waals surface area contributed by atoms with E-state index in [2.05, 4.69) is 23.1 Å². The van der Waals surface area contributed by atoms with Gasteiger partial charge in [0.15, 0.2) is 0 Å². The summed E-state index contributed by atoms with van der Waals surface area (Å²) in [5, 5.41) is 3.63. The van der Waals surface area contributed by atoms with E-state index >= 15 is 0 Å². The third kappa shape index (κ3) is 5.30. The molecule has 1 N–H and O–H groups in total. The topological polar surface area (TPSA) is 71.5 Å². The van der Waals surface area contributed by atoms with Crippen LogP contribution in [0.4, 0.5) is 14.9 Å². The minimum atomic E-state index is -0.533. The maximum atomic E-state index is 13.1. The maximum Gasteiger partial charge on any atom is 0.345 e.